The Labute approximate surface area is 108 Å². The monoisotopic (exact) mass is 275 g/mol. The highest BCUT2D eigenvalue weighted by Crippen LogP contribution is 2.37. The van der Waals surface area contributed by atoms with Gasteiger partial charge in [0.15, 0.2) is 0 Å². The Morgan fingerprint density at radius 3 is 2.00 bits per heavy atom. The van der Waals surface area contributed by atoms with E-state index in [-0.39, 0.29) is 18.3 Å². The van der Waals surface area contributed by atoms with E-state index in [4.69, 9.17) is 0 Å². The number of benzene rings is 1. The minimum atomic E-state index is -5.29. The SMILES string of the molecule is C=C(C)N(C(=O)C(C)(F)C(F)(F)F)c1ccccc1. The van der Waals surface area contributed by atoms with Gasteiger partial charge in [0, 0.05) is 11.4 Å². The summed E-state index contributed by atoms with van der Waals surface area (Å²) in [5.41, 5.74) is -3.83. The average Bonchev–Trinajstić information content (AvgIpc) is 2.28. The van der Waals surface area contributed by atoms with Crippen molar-refractivity contribution < 1.29 is 22.4 Å². The van der Waals surface area contributed by atoms with Gasteiger partial charge < -0.3 is 0 Å². The molecule has 1 atom stereocenters. The van der Waals surface area contributed by atoms with E-state index in [0.717, 1.165) is 0 Å². The first-order chi connectivity index (χ1) is 8.59. The Morgan fingerprint density at radius 1 is 1.16 bits per heavy atom. The molecular weight excluding hydrogens is 262 g/mol. The molecule has 0 saturated heterocycles. The Kier molecular flexibility index (Phi) is 4.03. The first-order valence-corrected chi connectivity index (χ1v) is 5.40. The van der Waals surface area contributed by atoms with Crippen LogP contribution in [0.5, 0.6) is 0 Å². The lowest BCUT2D eigenvalue weighted by molar-refractivity contribution is -0.219. The van der Waals surface area contributed by atoms with Crippen molar-refractivity contribution in [3.63, 3.8) is 0 Å². The third-order valence-corrected chi connectivity index (χ3v) is 2.53. The predicted molar refractivity (Wildman–Crippen MR) is 64.3 cm³/mol. The predicted octanol–water partition coefficient (Wildman–Crippen LogP) is 3.84. The molecule has 0 saturated carbocycles. The normalized spacial score (nSPS) is 14.6. The number of carbonyl (C=O) groups excluding carboxylic acids is 1. The number of rotatable bonds is 3. The molecule has 0 aliphatic rings. The smallest absolute Gasteiger partial charge is 0.283 e. The van der Waals surface area contributed by atoms with Gasteiger partial charge >= 0.3 is 6.18 Å². The highest BCUT2D eigenvalue weighted by Gasteiger charge is 2.59. The molecule has 1 aromatic carbocycles. The van der Waals surface area contributed by atoms with Crippen LogP contribution in [0.25, 0.3) is 0 Å². The molecule has 104 valence electrons. The third-order valence-electron chi connectivity index (χ3n) is 2.53. The molecule has 19 heavy (non-hydrogen) atoms. The van der Waals surface area contributed by atoms with E-state index in [1.807, 2.05) is 0 Å². The van der Waals surface area contributed by atoms with Gasteiger partial charge in [-0.25, -0.2) is 4.39 Å². The number of alkyl halides is 4. The van der Waals surface area contributed by atoms with Crippen molar-refractivity contribution >= 4 is 11.6 Å². The number of halogens is 4. The molecule has 1 unspecified atom stereocenters. The standard InChI is InChI=1S/C13H13F4NO/c1-9(2)18(10-7-5-4-6-8-10)11(19)12(3,14)13(15,16)17/h4-8H,1H2,2-3H3. The second-order valence-electron chi connectivity index (χ2n) is 4.21. The van der Waals surface area contributed by atoms with Crippen molar-refractivity contribution in [3.05, 3.63) is 42.6 Å². The highest BCUT2D eigenvalue weighted by molar-refractivity contribution is 6.02. The van der Waals surface area contributed by atoms with Crippen molar-refractivity contribution in [2.75, 3.05) is 4.90 Å². The summed E-state index contributed by atoms with van der Waals surface area (Å²) in [5.74, 6) is -1.71. The molecule has 0 fully saturated rings. The van der Waals surface area contributed by atoms with Crippen LogP contribution in [0.3, 0.4) is 0 Å². The molecule has 0 N–H and O–H groups in total. The summed E-state index contributed by atoms with van der Waals surface area (Å²) in [7, 11) is 0. The van der Waals surface area contributed by atoms with Crippen molar-refractivity contribution in [2.45, 2.75) is 25.7 Å². The van der Waals surface area contributed by atoms with Gasteiger partial charge in [-0.05, 0) is 26.0 Å². The number of allylic oxidation sites excluding steroid dienone is 1. The zero-order valence-corrected chi connectivity index (χ0v) is 10.5. The second-order valence-corrected chi connectivity index (χ2v) is 4.21. The molecule has 0 aliphatic carbocycles. The molecule has 6 heteroatoms. The Hall–Kier alpha value is -1.85. The summed E-state index contributed by atoms with van der Waals surface area (Å²) in [4.78, 5) is 12.4. The quantitative estimate of drug-likeness (QED) is 0.767. The fraction of sp³-hybridized carbons (Fsp3) is 0.308. The van der Waals surface area contributed by atoms with Crippen LogP contribution < -0.4 is 4.90 Å². The number of anilines is 1. The van der Waals surface area contributed by atoms with E-state index in [0.29, 0.717) is 4.90 Å². The molecule has 0 radical (unpaired) electrons. The lowest BCUT2D eigenvalue weighted by Gasteiger charge is -2.30. The van der Waals surface area contributed by atoms with Crippen molar-refractivity contribution in [1.29, 1.82) is 0 Å². The summed E-state index contributed by atoms with van der Waals surface area (Å²) in [5, 5.41) is 0. The van der Waals surface area contributed by atoms with Crippen molar-refractivity contribution in [3.8, 4) is 0 Å². The van der Waals surface area contributed by atoms with Gasteiger partial charge in [0.25, 0.3) is 11.6 Å². The number of amides is 1. The van der Waals surface area contributed by atoms with E-state index in [2.05, 4.69) is 6.58 Å². The van der Waals surface area contributed by atoms with Crippen LogP contribution >= 0.6 is 0 Å². The lowest BCUT2D eigenvalue weighted by atomic mass is 10.1. The van der Waals surface area contributed by atoms with Gasteiger partial charge in [-0.15, -0.1) is 0 Å². The van der Waals surface area contributed by atoms with E-state index < -0.39 is 17.8 Å². The summed E-state index contributed by atoms with van der Waals surface area (Å²) in [6.45, 7) is 4.95. The maximum atomic E-state index is 13.7. The zero-order chi connectivity index (χ0) is 14.8. The zero-order valence-electron chi connectivity index (χ0n) is 10.5. The van der Waals surface area contributed by atoms with Crippen molar-refractivity contribution in [2.24, 2.45) is 0 Å². The molecule has 0 bridgehead atoms. The maximum Gasteiger partial charge on any atom is 0.431 e. The summed E-state index contributed by atoms with van der Waals surface area (Å²) in [6.07, 6.45) is -5.29. The largest absolute Gasteiger partial charge is 0.431 e. The number of hydrogen-bond acceptors (Lipinski definition) is 1. The van der Waals surface area contributed by atoms with Crippen LogP contribution in [0.4, 0.5) is 23.2 Å². The molecule has 0 aliphatic heterocycles. The summed E-state index contributed by atoms with van der Waals surface area (Å²) < 4.78 is 51.4. The number of nitrogens with zero attached hydrogens (tertiary/aromatic N) is 1. The fourth-order valence-electron chi connectivity index (χ4n) is 1.42. The van der Waals surface area contributed by atoms with Gasteiger partial charge in [-0.2, -0.15) is 13.2 Å². The van der Waals surface area contributed by atoms with Crippen molar-refractivity contribution in [1.82, 2.24) is 0 Å². The van der Waals surface area contributed by atoms with Crippen LogP contribution in [0, 0.1) is 0 Å². The Balaban J connectivity index is 3.23. The van der Waals surface area contributed by atoms with Crippen LogP contribution in [-0.4, -0.2) is 17.8 Å². The average molecular weight is 275 g/mol. The third kappa shape index (κ3) is 2.94. The lowest BCUT2D eigenvalue weighted by Crippen LogP contribution is -2.52. The first-order valence-electron chi connectivity index (χ1n) is 5.40. The number of hydrogen-bond donors (Lipinski definition) is 0. The second kappa shape index (κ2) is 5.03. The van der Waals surface area contributed by atoms with Gasteiger partial charge in [-0.1, -0.05) is 24.8 Å². The van der Waals surface area contributed by atoms with Gasteiger partial charge in [0.05, 0.1) is 0 Å². The molecular formula is C13H13F4NO. The number of para-hydroxylation sites is 1. The molecule has 0 spiro atoms. The minimum absolute atomic E-state index is 0.00400. The molecule has 1 aromatic rings. The van der Waals surface area contributed by atoms with Gasteiger partial charge in [0.1, 0.15) is 0 Å². The van der Waals surface area contributed by atoms with Crippen LogP contribution in [0.15, 0.2) is 42.6 Å². The topological polar surface area (TPSA) is 20.3 Å². The van der Waals surface area contributed by atoms with Gasteiger partial charge in [0.2, 0.25) is 0 Å². The first kappa shape index (κ1) is 15.2. The van der Waals surface area contributed by atoms with Crippen LogP contribution in [0.1, 0.15) is 13.8 Å². The molecule has 0 aromatic heterocycles. The van der Waals surface area contributed by atoms with Crippen LogP contribution in [-0.2, 0) is 4.79 Å². The summed E-state index contributed by atoms with van der Waals surface area (Å²) >= 11 is 0. The maximum absolute atomic E-state index is 13.7. The van der Waals surface area contributed by atoms with E-state index >= 15 is 0 Å². The molecule has 0 heterocycles. The molecule has 1 amide bonds. The minimum Gasteiger partial charge on any atom is -0.283 e. The van der Waals surface area contributed by atoms with Gasteiger partial charge in [-0.3, -0.25) is 9.69 Å². The highest BCUT2D eigenvalue weighted by atomic mass is 19.4. The fourth-order valence-corrected chi connectivity index (χ4v) is 1.42. The summed E-state index contributed by atoms with van der Waals surface area (Å²) in [6, 6.07) is 7.49. The molecule has 1 rings (SSSR count). The Morgan fingerprint density at radius 2 is 1.63 bits per heavy atom. The van der Waals surface area contributed by atoms with E-state index in [1.165, 1.54) is 31.2 Å². The van der Waals surface area contributed by atoms with E-state index in [9.17, 15) is 22.4 Å². The number of carbonyl (C=O) groups is 1. The van der Waals surface area contributed by atoms with E-state index in [1.54, 1.807) is 6.07 Å². The molecule has 2 nitrogen and oxygen atoms in total. The Bertz CT molecular complexity index is 479. The van der Waals surface area contributed by atoms with Crippen LogP contribution in [0.2, 0.25) is 0 Å².